The molecule has 0 unspecified atom stereocenters. The van der Waals surface area contributed by atoms with Crippen LogP contribution < -0.4 is 11.0 Å². The third-order valence-electron chi connectivity index (χ3n) is 5.07. The third-order valence-corrected chi connectivity index (χ3v) is 5.07. The number of ether oxygens (including phenoxy) is 1. The van der Waals surface area contributed by atoms with Gasteiger partial charge in [-0.3, -0.25) is 20.0 Å². The predicted octanol–water partition coefficient (Wildman–Crippen LogP) is 2.64. The van der Waals surface area contributed by atoms with Gasteiger partial charge in [0.25, 0.3) is 11.5 Å². The molecule has 5 aromatic rings. The van der Waals surface area contributed by atoms with Gasteiger partial charge in [0.1, 0.15) is 0 Å². The van der Waals surface area contributed by atoms with E-state index in [4.69, 9.17) is 4.74 Å². The number of aromatic nitrogens is 5. The van der Waals surface area contributed by atoms with Gasteiger partial charge in [-0.1, -0.05) is 30.3 Å². The smallest absolute Gasteiger partial charge is 0.280 e. The lowest BCUT2D eigenvalue weighted by Crippen LogP contribution is -2.33. The van der Waals surface area contributed by atoms with E-state index in [2.05, 4.69) is 20.5 Å². The maximum absolute atomic E-state index is 13.1. The first-order valence-corrected chi connectivity index (χ1v) is 9.85. The number of nitrogens with one attached hydrogen (secondary N) is 1. The van der Waals surface area contributed by atoms with Crippen LogP contribution in [0.25, 0.3) is 27.7 Å². The van der Waals surface area contributed by atoms with Crippen molar-refractivity contribution in [1.29, 1.82) is 0 Å². The lowest BCUT2D eigenvalue weighted by Gasteiger charge is -2.09. The monoisotopic (exact) mass is 426 g/mol. The molecule has 158 valence electrons. The van der Waals surface area contributed by atoms with Gasteiger partial charge in [-0.05, 0) is 23.8 Å². The number of hydrogen-bond donors (Lipinski definition) is 1. The second-order valence-corrected chi connectivity index (χ2v) is 7.09. The average molecular weight is 426 g/mol. The van der Waals surface area contributed by atoms with Crippen LogP contribution in [0.2, 0.25) is 0 Å². The van der Waals surface area contributed by atoms with Gasteiger partial charge in [-0.25, -0.2) is 14.2 Å². The van der Waals surface area contributed by atoms with Crippen LogP contribution in [0.1, 0.15) is 16.1 Å². The summed E-state index contributed by atoms with van der Waals surface area (Å²) >= 11 is 0. The minimum Gasteiger partial charge on any atom is -0.378 e. The van der Waals surface area contributed by atoms with Crippen LogP contribution in [-0.2, 0) is 11.3 Å². The minimum absolute atomic E-state index is 0.299. The van der Waals surface area contributed by atoms with Crippen molar-refractivity contribution < 1.29 is 9.53 Å². The summed E-state index contributed by atoms with van der Waals surface area (Å²) in [6, 6.07) is 14.8. The fourth-order valence-corrected chi connectivity index (χ4v) is 3.61. The number of carbonyl (C=O) groups excluding carboxylic acids is 1. The zero-order valence-electron chi connectivity index (χ0n) is 17.1. The van der Waals surface area contributed by atoms with Gasteiger partial charge in [0.15, 0.2) is 5.65 Å². The summed E-state index contributed by atoms with van der Waals surface area (Å²) in [7, 11) is 1.61. The molecule has 4 heterocycles. The minimum atomic E-state index is -0.443. The molecule has 32 heavy (non-hydrogen) atoms. The quantitative estimate of drug-likeness (QED) is 0.463. The Kier molecular flexibility index (Phi) is 4.92. The Hall–Kier alpha value is -4.37. The summed E-state index contributed by atoms with van der Waals surface area (Å²) in [4.78, 5) is 33.9. The zero-order chi connectivity index (χ0) is 22.1. The first kappa shape index (κ1) is 19.6. The van der Waals surface area contributed by atoms with Gasteiger partial charge in [0.2, 0.25) is 0 Å². The van der Waals surface area contributed by atoms with E-state index in [9.17, 15) is 9.59 Å². The molecular formula is C23H18N6O3. The van der Waals surface area contributed by atoms with Gasteiger partial charge in [-0.2, -0.15) is 5.10 Å². The molecular weight excluding hydrogens is 408 g/mol. The van der Waals surface area contributed by atoms with E-state index in [1.807, 2.05) is 30.3 Å². The van der Waals surface area contributed by atoms with Crippen LogP contribution in [0, 0.1) is 0 Å². The lowest BCUT2D eigenvalue weighted by atomic mass is 10.1. The standard InChI is InChI=1S/C23H18N6O3/c1-32-14-18-20(15-6-3-2-4-7-15)21-25-13-17-19(29(21)26-18)9-11-28(23(17)31)27-22(30)16-8-5-10-24-12-16/h2-13H,14H2,1H3,(H,27,30). The molecule has 9 heteroatoms. The third kappa shape index (κ3) is 3.30. The van der Waals surface area contributed by atoms with Crippen molar-refractivity contribution >= 4 is 22.5 Å². The number of rotatable bonds is 5. The molecule has 0 atom stereocenters. The first-order valence-electron chi connectivity index (χ1n) is 9.85. The van der Waals surface area contributed by atoms with Crippen molar-refractivity contribution in [2.75, 3.05) is 12.5 Å². The number of benzene rings is 1. The Balaban J connectivity index is 1.64. The van der Waals surface area contributed by atoms with Gasteiger partial charge in [0, 0.05) is 31.9 Å². The van der Waals surface area contributed by atoms with E-state index in [0.717, 1.165) is 15.8 Å². The molecule has 0 saturated carbocycles. The molecule has 0 fully saturated rings. The fourth-order valence-electron chi connectivity index (χ4n) is 3.61. The number of pyridine rings is 2. The van der Waals surface area contributed by atoms with Gasteiger partial charge in [-0.15, -0.1) is 0 Å². The molecule has 0 aliphatic rings. The molecule has 9 nitrogen and oxygen atoms in total. The molecule has 0 aliphatic carbocycles. The molecule has 1 N–H and O–H groups in total. The van der Waals surface area contributed by atoms with E-state index in [0.29, 0.717) is 34.4 Å². The topological polar surface area (TPSA) is 103 Å². The normalized spacial score (nSPS) is 11.2. The van der Waals surface area contributed by atoms with Crippen LogP contribution in [0.3, 0.4) is 0 Å². The summed E-state index contributed by atoms with van der Waals surface area (Å²) in [5.41, 5.74) is 6.22. The van der Waals surface area contributed by atoms with Gasteiger partial charge >= 0.3 is 0 Å². The van der Waals surface area contributed by atoms with Crippen LogP contribution in [0.15, 0.2) is 78.1 Å². The maximum Gasteiger partial charge on any atom is 0.280 e. The van der Waals surface area contributed by atoms with Crippen molar-refractivity contribution in [2.45, 2.75) is 6.61 Å². The molecule has 1 amide bonds. The Morgan fingerprint density at radius 2 is 1.94 bits per heavy atom. The number of amides is 1. The molecule has 0 bridgehead atoms. The van der Waals surface area contributed by atoms with Crippen molar-refractivity contribution in [3.05, 3.63) is 94.9 Å². The molecule has 0 aliphatic heterocycles. The first-order chi connectivity index (χ1) is 15.7. The molecule has 4 aromatic heterocycles. The van der Waals surface area contributed by atoms with Gasteiger partial charge in [0.05, 0.1) is 34.3 Å². The fraction of sp³-hybridized carbons (Fsp3) is 0.0870. The summed E-state index contributed by atoms with van der Waals surface area (Å²) in [6.07, 6.45) is 6.00. The highest BCUT2D eigenvalue weighted by Gasteiger charge is 2.19. The number of nitrogens with zero attached hydrogens (tertiary/aromatic N) is 5. The van der Waals surface area contributed by atoms with Crippen LogP contribution >= 0.6 is 0 Å². The molecule has 0 saturated heterocycles. The second-order valence-electron chi connectivity index (χ2n) is 7.09. The maximum atomic E-state index is 13.1. The summed E-state index contributed by atoms with van der Waals surface area (Å²) in [6.45, 7) is 0.299. The van der Waals surface area contributed by atoms with E-state index in [-0.39, 0.29) is 0 Å². The number of carbonyl (C=O) groups is 1. The highest BCUT2D eigenvalue weighted by molar-refractivity contribution is 5.99. The summed E-state index contributed by atoms with van der Waals surface area (Å²) in [5.74, 6) is -0.443. The number of fused-ring (bicyclic) bond motifs is 3. The molecule has 0 spiro atoms. The number of hydrogen-bond acceptors (Lipinski definition) is 6. The van der Waals surface area contributed by atoms with Crippen LogP contribution in [-0.4, -0.2) is 37.3 Å². The molecule has 1 aromatic carbocycles. The zero-order valence-corrected chi connectivity index (χ0v) is 17.1. The average Bonchev–Trinajstić information content (AvgIpc) is 3.20. The summed E-state index contributed by atoms with van der Waals surface area (Å²) < 4.78 is 8.11. The van der Waals surface area contributed by atoms with Crippen molar-refractivity contribution in [3.8, 4) is 11.1 Å². The molecule has 0 radical (unpaired) electrons. The highest BCUT2D eigenvalue weighted by atomic mass is 16.5. The van der Waals surface area contributed by atoms with E-state index >= 15 is 0 Å². The largest absolute Gasteiger partial charge is 0.378 e. The number of methoxy groups -OCH3 is 1. The SMILES string of the molecule is COCc1nn2c(ncc3c(=O)n(NC(=O)c4cccnc4)ccc32)c1-c1ccccc1. The Bertz CT molecular complexity index is 1490. The van der Waals surface area contributed by atoms with Crippen molar-refractivity contribution in [3.63, 3.8) is 0 Å². The Morgan fingerprint density at radius 1 is 1.09 bits per heavy atom. The van der Waals surface area contributed by atoms with Crippen LogP contribution in [0.4, 0.5) is 0 Å². The van der Waals surface area contributed by atoms with E-state index < -0.39 is 11.5 Å². The Morgan fingerprint density at radius 3 is 2.69 bits per heavy atom. The van der Waals surface area contributed by atoms with Gasteiger partial charge < -0.3 is 4.74 Å². The van der Waals surface area contributed by atoms with Crippen LogP contribution in [0.5, 0.6) is 0 Å². The van der Waals surface area contributed by atoms with Crippen molar-refractivity contribution in [1.82, 2.24) is 24.3 Å². The lowest BCUT2D eigenvalue weighted by molar-refractivity contribution is 0.101. The highest BCUT2D eigenvalue weighted by Crippen LogP contribution is 2.29. The van der Waals surface area contributed by atoms with E-state index in [1.165, 1.54) is 18.6 Å². The molecule has 5 rings (SSSR count). The second kappa shape index (κ2) is 8.05. The summed E-state index contributed by atoms with van der Waals surface area (Å²) in [5, 5.41) is 4.99. The predicted molar refractivity (Wildman–Crippen MR) is 119 cm³/mol. The van der Waals surface area contributed by atoms with E-state index in [1.54, 1.807) is 36.0 Å². The Labute approximate surface area is 181 Å². The van der Waals surface area contributed by atoms with Crippen molar-refractivity contribution in [2.24, 2.45) is 0 Å².